The lowest BCUT2D eigenvalue weighted by molar-refractivity contribution is 0.296. The van der Waals surface area contributed by atoms with E-state index in [-0.39, 0.29) is 0 Å². The highest BCUT2D eigenvalue weighted by Crippen LogP contribution is 2.36. The van der Waals surface area contributed by atoms with Crippen molar-refractivity contribution in [1.82, 2.24) is 5.32 Å². The van der Waals surface area contributed by atoms with E-state index in [0.29, 0.717) is 0 Å². The molecule has 17 heavy (non-hydrogen) atoms. The first-order valence-electron chi connectivity index (χ1n) is 8.13. The summed E-state index contributed by atoms with van der Waals surface area (Å²) in [6.45, 7) is 3.52. The van der Waals surface area contributed by atoms with E-state index in [9.17, 15) is 0 Å². The second kappa shape index (κ2) is 7.41. The van der Waals surface area contributed by atoms with Crippen LogP contribution >= 0.6 is 0 Å². The third kappa shape index (κ3) is 4.99. The first kappa shape index (κ1) is 13.4. The van der Waals surface area contributed by atoms with E-state index in [1.807, 2.05) is 0 Å². The summed E-state index contributed by atoms with van der Waals surface area (Å²) in [6, 6.07) is 0.841. The fraction of sp³-hybridized carbons (Fsp3) is 1.00. The lowest BCUT2D eigenvalue weighted by atomic mass is 9.88. The van der Waals surface area contributed by atoms with Crippen LogP contribution in [0.25, 0.3) is 0 Å². The molecular weight excluding hydrogens is 206 g/mol. The zero-order chi connectivity index (χ0) is 11.9. The molecule has 2 rings (SSSR count). The van der Waals surface area contributed by atoms with Crippen molar-refractivity contribution < 1.29 is 0 Å². The van der Waals surface area contributed by atoms with Gasteiger partial charge in [0.1, 0.15) is 0 Å². The molecule has 0 bridgehead atoms. The van der Waals surface area contributed by atoms with Crippen molar-refractivity contribution >= 4 is 0 Å². The Hall–Kier alpha value is -0.0400. The predicted molar refractivity (Wildman–Crippen MR) is 75.2 cm³/mol. The summed E-state index contributed by atoms with van der Waals surface area (Å²) >= 11 is 0. The van der Waals surface area contributed by atoms with Crippen LogP contribution in [-0.2, 0) is 0 Å². The van der Waals surface area contributed by atoms with Gasteiger partial charge in [0.15, 0.2) is 0 Å². The Morgan fingerprint density at radius 3 is 2.29 bits per heavy atom. The number of rotatable bonds is 7. The normalized spacial score (nSPS) is 24.5. The zero-order valence-electron chi connectivity index (χ0n) is 11.7. The van der Waals surface area contributed by atoms with Crippen LogP contribution in [0.2, 0.25) is 0 Å². The molecule has 0 aromatic heterocycles. The fourth-order valence-corrected chi connectivity index (χ4v) is 3.37. The van der Waals surface area contributed by atoms with Gasteiger partial charge < -0.3 is 5.32 Å². The van der Waals surface area contributed by atoms with Crippen LogP contribution < -0.4 is 5.32 Å². The summed E-state index contributed by atoms with van der Waals surface area (Å²) in [4.78, 5) is 0. The Labute approximate surface area is 108 Å². The Morgan fingerprint density at radius 2 is 1.71 bits per heavy atom. The van der Waals surface area contributed by atoms with E-state index in [4.69, 9.17) is 0 Å². The fourth-order valence-electron chi connectivity index (χ4n) is 3.37. The quantitative estimate of drug-likeness (QED) is 0.642. The summed E-state index contributed by atoms with van der Waals surface area (Å²) in [5.74, 6) is 2.09. The van der Waals surface area contributed by atoms with Crippen LogP contribution in [0.5, 0.6) is 0 Å². The Morgan fingerprint density at radius 1 is 1.00 bits per heavy atom. The van der Waals surface area contributed by atoms with Gasteiger partial charge in [-0.1, -0.05) is 45.4 Å². The van der Waals surface area contributed by atoms with Crippen molar-refractivity contribution in [2.24, 2.45) is 11.8 Å². The smallest absolute Gasteiger partial charge is 0.00954 e. The van der Waals surface area contributed by atoms with Crippen LogP contribution in [-0.4, -0.2) is 12.6 Å². The number of nitrogens with one attached hydrogen (secondary N) is 1. The SMILES string of the molecule is CCCNC(CCC1CC1)C1CCCCCC1. The second-order valence-electron chi connectivity index (χ2n) is 6.33. The van der Waals surface area contributed by atoms with Crippen molar-refractivity contribution in [3.63, 3.8) is 0 Å². The van der Waals surface area contributed by atoms with Gasteiger partial charge in [0.05, 0.1) is 0 Å². The van der Waals surface area contributed by atoms with Crippen molar-refractivity contribution in [2.45, 2.75) is 83.6 Å². The third-order valence-corrected chi connectivity index (χ3v) is 4.71. The van der Waals surface area contributed by atoms with Crippen molar-refractivity contribution in [2.75, 3.05) is 6.54 Å². The molecule has 0 radical (unpaired) electrons. The zero-order valence-corrected chi connectivity index (χ0v) is 11.7. The molecule has 0 amide bonds. The maximum absolute atomic E-state index is 3.85. The van der Waals surface area contributed by atoms with Gasteiger partial charge >= 0.3 is 0 Å². The Kier molecular flexibility index (Phi) is 5.84. The summed E-state index contributed by atoms with van der Waals surface area (Å²) in [5, 5.41) is 3.85. The minimum absolute atomic E-state index is 0.841. The van der Waals surface area contributed by atoms with Gasteiger partial charge in [-0.25, -0.2) is 0 Å². The van der Waals surface area contributed by atoms with Crippen LogP contribution in [0.15, 0.2) is 0 Å². The first-order chi connectivity index (χ1) is 8.40. The molecule has 0 spiro atoms. The predicted octanol–water partition coefficient (Wildman–Crippen LogP) is 4.52. The highest BCUT2D eigenvalue weighted by molar-refractivity contribution is 4.82. The minimum atomic E-state index is 0.841. The van der Waals surface area contributed by atoms with Crippen LogP contribution in [0.1, 0.15) is 77.6 Å². The van der Waals surface area contributed by atoms with Crippen molar-refractivity contribution in [1.29, 1.82) is 0 Å². The molecule has 1 N–H and O–H groups in total. The minimum Gasteiger partial charge on any atom is -0.314 e. The molecule has 1 nitrogen and oxygen atoms in total. The monoisotopic (exact) mass is 237 g/mol. The van der Waals surface area contributed by atoms with E-state index >= 15 is 0 Å². The summed E-state index contributed by atoms with van der Waals surface area (Å²) < 4.78 is 0. The van der Waals surface area contributed by atoms with Crippen molar-refractivity contribution in [3.8, 4) is 0 Å². The number of hydrogen-bond donors (Lipinski definition) is 1. The van der Waals surface area contributed by atoms with E-state index in [0.717, 1.165) is 17.9 Å². The van der Waals surface area contributed by atoms with Gasteiger partial charge in [-0.3, -0.25) is 0 Å². The highest BCUT2D eigenvalue weighted by atomic mass is 14.9. The molecule has 0 saturated heterocycles. The molecular formula is C16H31N. The molecule has 0 aromatic carbocycles. The molecule has 0 heterocycles. The Bertz CT molecular complexity index is 190. The lowest BCUT2D eigenvalue weighted by Crippen LogP contribution is -2.36. The molecule has 1 unspecified atom stereocenters. The largest absolute Gasteiger partial charge is 0.314 e. The number of hydrogen-bond acceptors (Lipinski definition) is 1. The summed E-state index contributed by atoms with van der Waals surface area (Å²) in [7, 11) is 0. The van der Waals surface area contributed by atoms with Crippen LogP contribution in [0, 0.1) is 11.8 Å². The van der Waals surface area contributed by atoms with E-state index < -0.39 is 0 Å². The molecule has 0 aliphatic heterocycles. The average molecular weight is 237 g/mol. The lowest BCUT2D eigenvalue weighted by Gasteiger charge is -2.27. The third-order valence-electron chi connectivity index (χ3n) is 4.71. The molecule has 0 aromatic rings. The van der Waals surface area contributed by atoms with Gasteiger partial charge in [-0.05, 0) is 50.5 Å². The van der Waals surface area contributed by atoms with E-state index in [1.165, 1.54) is 77.2 Å². The standard InChI is InChI=1S/C16H31N/c1-2-13-17-16(12-11-14-9-10-14)15-7-5-3-4-6-8-15/h14-17H,2-13H2,1H3. The molecule has 2 aliphatic rings. The summed E-state index contributed by atoms with van der Waals surface area (Å²) in [5.41, 5.74) is 0. The van der Waals surface area contributed by atoms with Gasteiger partial charge in [-0.15, -0.1) is 0 Å². The summed E-state index contributed by atoms with van der Waals surface area (Å²) in [6.07, 6.45) is 16.2. The van der Waals surface area contributed by atoms with E-state index in [2.05, 4.69) is 12.2 Å². The average Bonchev–Trinajstić information content (AvgIpc) is 3.16. The highest BCUT2D eigenvalue weighted by Gasteiger charge is 2.26. The topological polar surface area (TPSA) is 12.0 Å². The van der Waals surface area contributed by atoms with Crippen molar-refractivity contribution in [3.05, 3.63) is 0 Å². The molecule has 100 valence electrons. The second-order valence-corrected chi connectivity index (χ2v) is 6.33. The molecule has 2 aliphatic carbocycles. The first-order valence-corrected chi connectivity index (χ1v) is 8.13. The van der Waals surface area contributed by atoms with Crippen LogP contribution in [0.3, 0.4) is 0 Å². The molecule has 2 saturated carbocycles. The molecule has 1 atom stereocenters. The molecule has 2 fully saturated rings. The molecule has 1 heteroatoms. The maximum atomic E-state index is 3.85. The van der Waals surface area contributed by atoms with Gasteiger partial charge in [0.2, 0.25) is 0 Å². The van der Waals surface area contributed by atoms with Gasteiger partial charge in [0, 0.05) is 6.04 Å². The maximum Gasteiger partial charge on any atom is 0.00954 e. The van der Waals surface area contributed by atoms with Gasteiger partial charge in [-0.2, -0.15) is 0 Å². The van der Waals surface area contributed by atoms with E-state index in [1.54, 1.807) is 0 Å². The van der Waals surface area contributed by atoms with Crippen LogP contribution in [0.4, 0.5) is 0 Å². The van der Waals surface area contributed by atoms with Gasteiger partial charge in [0.25, 0.3) is 0 Å². The Balaban J connectivity index is 1.77.